The molecule has 5 heteroatoms. The smallest absolute Gasteiger partial charge is 0.255 e. The van der Waals surface area contributed by atoms with E-state index in [1.54, 1.807) is 18.2 Å². The summed E-state index contributed by atoms with van der Waals surface area (Å²) in [5.41, 5.74) is 8.66. The lowest BCUT2D eigenvalue weighted by atomic mass is 10.1. The minimum absolute atomic E-state index is 0.0964. The maximum absolute atomic E-state index is 12.1. The minimum Gasteiger partial charge on any atom is -0.507 e. The number of phenolic OH excluding ortho intramolecular Hbond substituents is 1. The molecular formula is C15H15IN2O2. The van der Waals surface area contributed by atoms with Crippen LogP contribution >= 0.6 is 22.6 Å². The average Bonchev–Trinajstić information content (AvgIpc) is 2.42. The molecule has 0 spiro atoms. The first-order chi connectivity index (χ1) is 9.51. The molecule has 1 amide bonds. The maximum Gasteiger partial charge on any atom is 0.255 e. The summed E-state index contributed by atoms with van der Waals surface area (Å²) < 4.78 is 0.704. The van der Waals surface area contributed by atoms with Gasteiger partial charge in [0, 0.05) is 16.9 Å². The normalized spacial score (nSPS) is 10.3. The van der Waals surface area contributed by atoms with Crippen LogP contribution in [0.5, 0.6) is 5.75 Å². The Morgan fingerprint density at radius 2 is 2.05 bits per heavy atom. The molecule has 2 aromatic carbocycles. The molecule has 0 aliphatic carbocycles. The van der Waals surface area contributed by atoms with Crippen molar-refractivity contribution in [3.05, 3.63) is 51.1 Å². The van der Waals surface area contributed by atoms with E-state index in [9.17, 15) is 9.90 Å². The Bertz CT molecular complexity index is 656. The summed E-state index contributed by atoms with van der Waals surface area (Å²) in [5, 5.41) is 12.4. The molecule has 0 saturated heterocycles. The number of nitrogen functional groups attached to an aromatic ring is 1. The molecule has 20 heavy (non-hydrogen) atoms. The monoisotopic (exact) mass is 382 g/mol. The lowest BCUT2D eigenvalue weighted by Crippen LogP contribution is -2.12. The molecule has 0 aromatic heterocycles. The summed E-state index contributed by atoms with van der Waals surface area (Å²) in [6.07, 6.45) is 0.852. The fraction of sp³-hybridized carbons (Fsp3) is 0.133. The summed E-state index contributed by atoms with van der Waals surface area (Å²) in [5.74, 6) is -0.181. The van der Waals surface area contributed by atoms with E-state index in [2.05, 4.69) is 5.32 Å². The Kier molecular flexibility index (Phi) is 4.49. The second-order valence-electron chi connectivity index (χ2n) is 4.39. The van der Waals surface area contributed by atoms with Crippen molar-refractivity contribution in [2.75, 3.05) is 11.1 Å². The van der Waals surface area contributed by atoms with E-state index in [0.29, 0.717) is 20.5 Å². The van der Waals surface area contributed by atoms with E-state index in [0.717, 1.165) is 12.0 Å². The number of anilines is 2. The summed E-state index contributed by atoms with van der Waals surface area (Å²) in [6, 6.07) is 10.3. The van der Waals surface area contributed by atoms with E-state index in [1.165, 1.54) is 6.07 Å². The number of aryl methyl sites for hydroxylation is 1. The van der Waals surface area contributed by atoms with Gasteiger partial charge < -0.3 is 16.2 Å². The van der Waals surface area contributed by atoms with Crippen LogP contribution in [-0.4, -0.2) is 11.0 Å². The van der Waals surface area contributed by atoms with Crippen molar-refractivity contribution in [2.45, 2.75) is 13.3 Å². The van der Waals surface area contributed by atoms with Crippen molar-refractivity contribution < 1.29 is 9.90 Å². The third-order valence-electron chi connectivity index (χ3n) is 2.99. The van der Waals surface area contributed by atoms with Gasteiger partial charge in [-0.2, -0.15) is 0 Å². The van der Waals surface area contributed by atoms with Crippen LogP contribution in [0.3, 0.4) is 0 Å². The number of phenols is 1. The van der Waals surface area contributed by atoms with Crippen LogP contribution in [0.25, 0.3) is 0 Å². The molecule has 2 aromatic rings. The highest BCUT2D eigenvalue weighted by atomic mass is 127. The second-order valence-corrected chi connectivity index (χ2v) is 5.55. The first-order valence-electron chi connectivity index (χ1n) is 6.19. The topological polar surface area (TPSA) is 75.3 Å². The number of aromatic hydroxyl groups is 1. The van der Waals surface area contributed by atoms with E-state index < -0.39 is 0 Å². The fourth-order valence-electron chi connectivity index (χ4n) is 1.85. The molecule has 0 heterocycles. The van der Waals surface area contributed by atoms with Crippen molar-refractivity contribution in [1.29, 1.82) is 0 Å². The van der Waals surface area contributed by atoms with Gasteiger partial charge in [0.15, 0.2) is 0 Å². The Hall–Kier alpha value is -1.76. The lowest BCUT2D eigenvalue weighted by Gasteiger charge is -2.09. The van der Waals surface area contributed by atoms with Gasteiger partial charge in [0.25, 0.3) is 5.91 Å². The number of benzene rings is 2. The fourth-order valence-corrected chi connectivity index (χ4v) is 2.19. The van der Waals surface area contributed by atoms with Crippen LogP contribution < -0.4 is 11.1 Å². The number of nitrogens with one attached hydrogen (secondary N) is 1. The Morgan fingerprint density at radius 3 is 2.65 bits per heavy atom. The number of hydrogen-bond donors (Lipinski definition) is 3. The zero-order chi connectivity index (χ0) is 14.7. The number of carbonyl (C=O) groups is 1. The SMILES string of the molecule is CCc1ccc(NC(=O)c2ccc(I)c(O)c2)cc1N. The van der Waals surface area contributed by atoms with Crippen molar-refractivity contribution in [1.82, 2.24) is 0 Å². The molecular weight excluding hydrogens is 367 g/mol. The molecule has 0 aliphatic rings. The van der Waals surface area contributed by atoms with Gasteiger partial charge in [-0.05, 0) is 64.9 Å². The van der Waals surface area contributed by atoms with Crippen LogP contribution in [0.15, 0.2) is 36.4 Å². The van der Waals surface area contributed by atoms with Crippen molar-refractivity contribution in [3.63, 3.8) is 0 Å². The molecule has 4 nitrogen and oxygen atoms in total. The van der Waals surface area contributed by atoms with Crippen molar-refractivity contribution >= 4 is 39.9 Å². The molecule has 0 aliphatic heterocycles. The van der Waals surface area contributed by atoms with Crippen LogP contribution in [0.1, 0.15) is 22.8 Å². The van der Waals surface area contributed by atoms with Gasteiger partial charge in [0.2, 0.25) is 0 Å². The number of nitrogens with two attached hydrogens (primary N) is 1. The number of hydrogen-bond acceptors (Lipinski definition) is 3. The standard InChI is InChI=1S/C15H15IN2O2/c1-2-9-3-5-11(8-13(9)17)18-15(20)10-4-6-12(16)14(19)7-10/h3-8,19H,2,17H2,1H3,(H,18,20). The Labute approximate surface area is 131 Å². The molecule has 0 fully saturated rings. The summed E-state index contributed by atoms with van der Waals surface area (Å²) in [7, 11) is 0. The average molecular weight is 382 g/mol. The summed E-state index contributed by atoms with van der Waals surface area (Å²) in [6.45, 7) is 2.03. The lowest BCUT2D eigenvalue weighted by molar-refractivity contribution is 0.102. The van der Waals surface area contributed by atoms with Gasteiger partial charge in [-0.3, -0.25) is 4.79 Å². The quantitative estimate of drug-likeness (QED) is 0.563. The van der Waals surface area contributed by atoms with E-state index in [1.807, 2.05) is 41.6 Å². The van der Waals surface area contributed by atoms with E-state index >= 15 is 0 Å². The van der Waals surface area contributed by atoms with Gasteiger partial charge in [0.1, 0.15) is 5.75 Å². The van der Waals surface area contributed by atoms with Crippen LogP contribution in [-0.2, 0) is 6.42 Å². The Balaban J connectivity index is 2.19. The first kappa shape index (κ1) is 14.6. The van der Waals surface area contributed by atoms with Crippen LogP contribution in [0.2, 0.25) is 0 Å². The molecule has 104 valence electrons. The van der Waals surface area contributed by atoms with E-state index in [-0.39, 0.29) is 11.7 Å². The zero-order valence-corrected chi connectivity index (χ0v) is 13.1. The third-order valence-corrected chi connectivity index (χ3v) is 3.91. The highest BCUT2D eigenvalue weighted by Crippen LogP contribution is 2.22. The predicted molar refractivity (Wildman–Crippen MR) is 89.0 cm³/mol. The van der Waals surface area contributed by atoms with E-state index in [4.69, 9.17) is 5.73 Å². The highest BCUT2D eigenvalue weighted by Gasteiger charge is 2.09. The molecule has 0 unspecified atom stereocenters. The van der Waals surface area contributed by atoms with Gasteiger partial charge in [-0.15, -0.1) is 0 Å². The van der Waals surface area contributed by atoms with Crippen molar-refractivity contribution in [3.8, 4) is 5.75 Å². The Morgan fingerprint density at radius 1 is 1.30 bits per heavy atom. The van der Waals surface area contributed by atoms with Gasteiger partial charge in [-0.1, -0.05) is 13.0 Å². The number of amides is 1. The maximum atomic E-state index is 12.1. The molecule has 4 N–H and O–H groups in total. The van der Waals surface area contributed by atoms with Gasteiger partial charge in [0.05, 0.1) is 3.57 Å². The largest absolute Gasteiger partial charge is 0.507 e. The van der Waals surface area contributed by atoms with Crippen LogP contribution in [0, 0.1) is 3.57 Å². The molecule has 0 bridgehead atoms. The highest BCUT2D eigenvalue weighted by molar-refractivity contribution is 14.1. The molecule has 0 atom stereocenters. The number of halogens is 1. The van der Waals surface area contributed by atoms with Gasteiger partial charge >= 0.3 is 0 Å². The first-order valence-corrected chi connectivity index (χ1v) is 7.27. The third kappa shape index (κ3) is 3.22. The molecule has 0 radical (unpaired) electrons. The molecule has 2 rings (SSSR count). The van der Waals surface area contributed by atoms with Crippen LogP contribution in [0.4, 0.5) is 11.4 Å². The van der Waals surface area contributed by atoms with Crippen molar-refractivity contribution in [2.24, 2.45) is 0 Å². The number of rotatable bonds is 3. The molecule has 0 saturated carbocycles. The predicted octanol–water partition coefficient (Wildman–Crippen LogP) is 3.39. The second kappa shape index (κ2) is 6.13. The summed E-state index contributed by atoms with van der Waals surface area (Å²) in [4.78, 5) is 12.1. The minimum atomic E-state index is -0.277. The summed E-state index contributed by atoms with van der Waals surface area (Å²) >= 11 is 2.00. The van der Waals surface area contributed by atoms with Gasteiger partial charge in [-0.25, -0.2) is 0 Å². The number of carbonyl (C=O) groups excluding carboxylic acids is 1. The zero-order valence-electron chi connectivity index (χ0n) is 11.0.